The molecule has 0 aliphatic rings. The molecule has 0 aliphatic heterocycles. The number of hydrogen-bond acceptors (Lipinski definition) is 2. The highest BCUT2D eigenvalue weighted by atomic mass is 15.1. The minimum atomic E-state index is 0.890. The minimum Gasteiger partial charge on any atom is -0.150 e. The zero-order valence-corrected chi connectivity index (χ0v) is 15.0. The molecule has 0 N–H and O–H groups in total. The van der Waals surface area contributed by atoms with Gasteiger partial charge in [-0.05, 0) is 31.0 Å². The second-order valence-electron chi connectivity index (χ2n) is 6.54. The first-order chi connectivity index (χ1) is 12.7. The van der Waals surface area contributed by atoms with Gasteiger partial charge in [-0.15, -0.1) is 10.2 Å². The van der Waals surface area contributed by atoms with E-state index >= 15 is 0 Å². The van der Waals surface area contributed by atoms with Gasteiger partial charge in [0.05, 0.1) is 5.69 Å². The molecule has 3 aromatic carbocycles. The van der Waals surface area contributed by atoms with Crippen LogP contribution in [-0.2, 0) is 0 Å². The van der Waals surface area contributed by atoms with Crippen LogP contribution in [-0.4, -0.2) is 10.2 Å². The molecule has 0 radical (unpaired) electrons. The molecule has 0 saturated carbocycles. The molecule has 0 fully saturated rings. The van der Waals surface area contributed by atoms with Crippen molar-refractivity contribution in [1.29, 1.82) is 0 Å². The van der Waals surface area contributed by atoms with Gasteiger partial charge in [-0.1, -0.05) is 84.4 Å². The van der Waals surface area contributed by atoms with Gasteiger partial charge in [0.15, 0.2) is 0 Å². The first-order valence-electron chi connectivity index (χ1n) is 8.78. The molecule has 1 heterocycles. The van der Waals surface area contributed by atoms with Crippen LogP contribution in [0.5, 0.6) is 0 Å². The zero-order chi connectivity index (χ0) is 17.9. The van der Waals surface area contributed by atoms with Gasteiger partial charge in [0.25, 0.3) is 0 Å². The topological polar surface area (TPSA) is 25.8 Å². The summed E-state index contributed by atoms with van der Waals surface area (Å²) < 4.78 is 0. The van der Waals surface area contributed by atoms with E-state index in [0.717, 1.165) is 28.1 Å². The normalized spacial score (nSPS) is 10.7. The summed E-state index contributed by atoms with van der Waals surface area (Å²) in [6, 6.07) is 29.2. The van der Waals surface area contributed by atoms with Crippen LogP contribution in [0.3, 0.4) is 0 Å². The average molecular weight is 336 g/mol. The number of hydrogen-bond donors (Lipinski definition) is 0. The van der Waals surface area contributed by atoms with E-state index in [-0.39, 0.29) is 0 Å². The van der Waals surface area contributed by atoms with Gasteiger partial charge >= 0.3 is 0 Å². The summed E-state index contributed by atoms with van der Waals surface area (Å²) in [5.41, 5.74) is 8.76. The van der Waals surface area contributed by atoms with E-state index in [1.165, 1.54) is 16.7 Å². The van der Waals surface area contributed by atoms with Crippen LogP contribution in [0.25, 0.3) is 33.6 Å². The van der Waals surface area contributed by atoms with Crippen molar-refractivity contribution in [3.63, 3.8) is 0 Å². The van der Waals surface area contributed by atoms with Crippen molar-refractivity contribution in [3.8, 4) is 33.6 Å². The predicted molar refractivity (Wildman–Crippen MR) is 108 cm³/mol. The molecular formula is C24H20N2. The third-order valence-electron chi connectivity index (χ3n) is 4.59. The van der Waals surface area contributed by atoms with Gasteiger partial charge in [0, 0.05) is 16.7 Å². The molecule has 0 amide bonds. The molecular weight excluding hydrogens is 316 g/mol. The Morgan fingerprint density at radius 2 is 1.23 bits per heavy atom. The highest BCUT2D eigenvalue weighted by Gasteiger charge is 2.14. The lowest BCUT2D eigenvalue weighted by molar-refractivity contribution is 1.05. The van der Waals surface area contributed by atoms with Crippen LogP contribution in [0.4, 0.5) is 0 Å². The predicted octanol–water partition coefficient (Wildman–Crippen LogP) is 6.09. The maximum Gasteiger partial charge on any atom is 0.101 e. The number of aryl methyl sites for hydroxylation is 2. The fourth-order valence-corrected chi connectivity index (χ4v) is 3.18. The fourth-order valence-electron chi connectivity index (χ4n) is 3.18. The number of aromatic nitrogens is 2. The Morgan fingerprint density at radius 3 is 1.92 bits per heavy atom. The second kappa shape index (κ2) is 6.93. The van der Waals surface area contributed by atoms with E-state index in [0.29, 0.717) is 0 Å². The van der Waals surface area contributed by atoms with Crippen LogP contribution in [0, 0.1) is 13.8 Å². The van der Waals surface area contributed by atoms with Crippen LogP contribution in [0.1, 0.15) is 11.1 Å². The largest absolute Gasteiger partial charge is 0.150 e. The number of benzene rings is 3. The van der Waals surface area contributed by atoms with Crippen molar-refractivity contribution in [2.75, 3.05) is 0 Å². The van der Waals surface area contributed by atoms with Gasteiger partial charge in [0.2, 0.25) is 0 Å². The summed E-state index contributed by atoms with van der Waals surface area (Å²) in [7, 11) is 0. The molecule has 0 unspecified atom stereocenters. The second-order valence-corrected chi connectivity index (χ2v) is 6.54. The molecule has 0 bridgehead atoms. The van der Waals surface area contributed by atoms with Crippen molar-refractivity contribution in [3.05, 3.63) is 96.1 Å². The maximum absolute atomic E-state index is 4.62. The Labute approximate surface area is 154 Å². The SMILES string of the molecule is Cc1ccc(C)c(-c2cc(-c3ccccc3)nnc2-c2ccccc2)c1. The van der Waals surface area contributed by atoms with Crippen LogP contribution >= 0.6 is 0 Å². The standard InChI is InChI=1S/C24H20N2/c1-17-13-14-18(2)21(15-17)22-16-23(19-9-5-3-6-10-19)25-26-24(22)20-11-7-4-8-12-20/h3-16H,1-2H3. The molecule has 0 saturated heterocycles. The quantitative estimate of drug-likeness (QED) is 0.452. The lowest BCUT2D eigenvalue weighted by Gasteiger charge is -2.13. The maximum atomic E-state index is 4.62. The van der Waals surface area contributed by atoms with Crippen molar-refractivity contribution in [1.82, 2.24) is 10.2 Å². The fraction of sp³-hybridized carbons (Fsp3) is 0.0833. The Morgan fingerprint density at radius 1 is 0.577 bits per heavy atom. The molecule has 26 heavy (non-hydrogen) atoms. The van der Waals surface area contributed by atoms with E-state index in [1.54, 1.807) is 0 Å². The van der Waals surface area contributed by atoms with E-state index in [1.807, 2.05) is 36.4 Å². The Hall–Kier alpha value is -3.26. The molecule has 0 aliphatic carbocycles. The highest BCUT2D eigenvalue weighted by Crippen LogP contribution is 2.34. The summed E-state index contributed by atoms with van der Waals surface area (Å²) in [6.45, 7) is 4.27. The van der Waals surface area contributed by atoms with Gasteiger partial charge < -0.3 is 0 Å². The van der Waals surface area contributed by atoms with Crippen molar-refractivity contribution in [2.24, 2.45) is 0 Å². The third kappa shape index (κ3) is 3.14. The van der Waals surface area contributed by atoms with Gasteiger partial charge in [-0.2, -0.15) is 0 Å². The lowest BCUT2D eigenvalue weighted by Crippen LogP contribution is -1.97. The van der Waals surface area contributed by atoms with Crippen molar-refractivity contribution < 1.29 is 0 Å². The average Bonchev–Trinajstić information content (AvgIpc) is 2.71. The monoisotopic (exact) mass is 336 g/mol. The van der Waals surface area contributed by atoms with E-state index in [2.05, 4.69) is 72.6 Å². The summed E-state index contributed by atoms with van der Waals surface area (Å²) in [4.78, 5) is 0. The highest BCUT2D eigenvalue weighted by molar-refractivity contribution is 5.84. The molecule has 0 atom stereocenters. The minimum absolute atomic E-state index is 0.890. The molecule has 4 rings (SSSR count). The molecule has 2 nitrogen and oxygen atoms in total. The molecule has 126 valence electrons. The summed E-state index contributed by atoms with van der Waals surface area (Å²) >= 11 is 0. The Bertz CT molecular complexity index is 1040. The first kappa shape index (κ1) is 16.2. The smallest absolute Gasteiger partial charge is 0.101 e. The summed E-state index contributed by atoms with van der Waals surface area (Å²) in [6.07, 6.45) is 0. The van der Waals surface area contributed by atoms with Gasteiger partial charge in [-0.3, -0.25) is 0 Å². The third-order valence-corrected chi connectivity index (χ3v) is 4.59. The molecule has 0 spiro atoms. The van der Waals surface area contributed by atoms with Crippen molar-refractivity contribution in [2.45, 2.75) is 13.8 Å². The van der Waals surface area contributed by atoms with Gasteiger partial charge in [0.1, 0.15) is 5.69 Å². The Balaban J connectivity index is 1.97. The number of nitrogens with zero attached hydrogens (tertiary/aromatic N) is 2. The van der Waals surface area contributed by atoms with E-state index < -0.39 is 0 Å². The summed E-state index contributed by atoms with van der Waals surface area (Å²) in [5, 5.41) is 9.14. The molecule has 4 aromatic rings. The van der Waals surface area contributed by atoms with Gasteiger partial charge in [-0.25, -0.2) is 0 Å². The Kier molecular flexibility index (Phi) is 4.32. The van der Waals surface area contributed by atoms with Crippen LogP contribution in [0.15, 0.2) is 84.9 Å². The molecule has 1 aromatic heterocycles. The van der Waals surface area contributed by atoms with Crippen LogP contribution in [0.2, 0.25) is 0 Å². The van der Waals surface area contributed by atoms with Crippen LogP contribution < -0.4 is 0 Å². The van der Waals surface area contributed by atoms with E-state index in [9.17, 15) is 0 Å². The van der Waals surface area contributed by atoms with E-state index in [4.69, 9.17) is 0 Å². The molecule has 2 heteroatoms. The number of rotatable bonds is 3. The zero-order valence-electron chi connectivity index (χ0n) is 15.0. The first-order valence-corrected chi connectivity index (χ1v) is 8.78. The van der Waals surface area contributed by atoms with Crippen molar-refractivity contribution >= 4 is 0 Å². The lowest BCUT2D eigenvalue weighted by atomic mass is 9.94. The summed E-state index contributed by atoms with van der Waals surface area (Å²) in [5.74, 6) is 0.